The Morgan fingerprint density at radius 3 is 3.09 bits per heavy atom. The summed E-state index contributed by atoms with van der Waals surface area (Å²) in [5.74, 6) is 0.500. The Balaban J connectivity index is 1.84. The molecule has 0 unspecified atom stereocenters. The van der Waals surface area contributed by atoms with Crippen molar-refractivity contribution in [3.63, 3.8) is 0 Å². The van der Waals surface area contributed by atoms with Gasteiger partial charge in [-0.2, -0.15) is 14.6 Å². The van der Waals surface area contributed by atoms with Crippen LogP contribution in [0.2, 0.25) is 0 Å². The van der Waals surface area contributed by atoms with Gasteiger partial charge in [-0.15, -0.1) is 0 Å². The molecule has 0 aromatic carbocycles. The van der Waals surface area contributed by atoms with Crippen molar-refractivity contribution in [2.24, 2.45) is 0 Å². The standard InChI is InChI=1S/C14H13N7O/c1-9-12-11(21-14(19-9)17-8-18-21)3-5-20(13(12)22)4-2-10-6-15-7-16-10/h3,5-8H,2,4H2,1H3,(H,15,16). The average Bonchev–Trinajstić information content (AvgIpc) is 3.16. The van der Waals surface area contributed by atoms with Gasteiger partial charge in [0.05, 0.1) is 22.9 Å². The van der Waals surface area contributed by atoms with Crippen LogP contribution in [0.5, 0.6) is 0 Å². The Morgan fingerprint density at radius 2 is 2.27 bits per heavy atom. The Hall–Kier alpha value is -3.03. The van der Waals surface area contributed by atoms with Crippen LogP contribution in [-0.2, 0) is 13.0 Å². The third-order valence-corrected chi connectivity index (χ3v) is 3.71. The molecule has 1 N–H and O–H groups in total. The maximum atomic E-state index is 12.7. The summed E-state index contributed by atoms with van der Waals surface area (Å²) in [6.45, 7) is 2.39. The molecule has 0 radical (unpaired) electrons. The van der Waals surface area contributed by atoms with Crippen LogP contribution in [0, 0.1) is 6.92 Å². The molecule has 0 bridgehead atoms. The summed E-state index contributed by atoms with van der Waals surface area (Å²) in [6.07, 6.45) is 7.32. The molecule has 4 aromatic heterocycles. The Labute approximate surface area is 124 Å². The van der Waals surface area contributed by atoms with E-state index in [1.54, 1.807) is 27.8 Å². The van der Waals surface area contributed by atoms with Gasteiger partial charge in [0, 0.05) is 31.1 Å². The molecule has 0 aliphatic heterocycles. The third-order valence-electron chi connectivity index (χ3n) is 3.71. The summed E-state index contributed by atoms with van der Waals surface area (Å²) in [5.41, 5.74) is 2.31. The van der Waals surface area contributed by atoms with Crippen molar-refractivity contribution in [3.05, 3.63) is 52.9 Å². The topological polar surface area (TPSA) is 93.8 Å². The van der Waals surface area contributed by atoms with Crippen molar-refractivity contribution in [2.75, 3.05) is 0 Å². The predicted molar refractivity (Wildman–Crippen MR) is 79.6 cm³/mol. The highest BCUT2D eigenvalue weighted by atomic mass is 16.1. The van der Waals surface area contributed by atoms with Gasteiger partial charge in [-0.1, -0.05) is 0 Å². The quantitative estimate of drug-likeness (QED) is 0.601. The number of fused-ring (bicyclic) bond motifs is 3. The lowest BCUT2D eigenvalue weighted by Gasteiger charge is -2.08. The first-order chi connectivity index (χ1) is 10.7. The molecule has 4 heterocycles. The molecular weight excluding hydrogens is 282 g/mol. The summed E-state index contributed by atoms with van der Waals surface area (Å²) in [4.78, 5) is 28.1. The van der Waals surface area contributed by atoms with Crippen LogP contribution in [0.3, 0.4) is 0 Å². The van der Waals surface area contributed by atoms with E-state index in [2.05, 4.69) is 25.0 Å². The first-order valence-corrected chi connectivity index (χ1v) is 6.91. The highest BCUT2D eigenvalue weighted by Crippen LogP contribution is 2.13. The van der Waals surface area contributed by atoms with Gasteiger partial charge in [-0.25, -0.2) is 9.97 Å². The fourth-order valence-corrected chi connectivity index (χ4v) is 2.61. The molecule has 110 valence electrons. The molecule has 4 rings (SSSR count). The van der Waals surface area contributed by atoms with Crippen molar-refractivity contribution >= 4 is 16.7 Å². The lowest BCUT2D eigenvalue weighted by Crippen LogP contribution is -2.22. The van der Waals surface area contributed by atoms with Gasteiger partial charge >= 0.3 is 0 Å². The van der Waals surface area contributed by atoms with E-state index in [9.17, 15) is 4.79 Å². The first kappa shape index (κ1) is 12.7. The second kappa shape index (κ2) is 4.76. The normalized spacial score (nSPS) is 11.5. The fraction of sp³-hybridized carbons (Fsp3) is 0.214. The largest absolute Gasteiger partial charge is 0.348 e. The number of aromatic nitrogens is 7. The number of aryl methyl sites for hydroxylation is 3. The number of pyridine rings is 1. The van der Waals surface area contributed by atoms with E-state index < -0.39 is 0 Å². The molecule has 0 aliphatic carbocycles. The lowest BCUT2D eigenvalue weighted by molar-refractivity contribution is 0.666. The van der Waals surface area contributed by atoms with Crippen molar-refractivity contribution in [1.82, 2.24) is 34.1 Å². The summed E-state index contributed by atoms with van der Waals surface area (Å²) in [5, 5.41) is 4.70. The van der Waals surface area contributed by atoms with Gasteiger partial charge in [0.2, 0.25) is 0 Å². The molecule has 0 amide bonds. The minimum Gasteiger partial charge on any atom is -0.348 e. The van der Waals surface area contributed by atoms with E-state index in [4.69, 9.17) is 0 Å². The van der Waals surface area contributed by atoms with E-state index in [0.717, 1.165) is 11.2 Å². The Bertz CT molecular complexity index is 1010. The van der Waals surface area contributed by atoms with E-state index in [1.807, 2.05) is 13.0 Å². The van der Waals surface area contributed by atoms with Crippen molar-refractivity contribution in [1.29, 1.82) is 0 Å². The van der Waals surface area contributed by atoms with E-state index >= 15 is 0 Å². The average molecular weight is 295 g/mol. The zero-order chi connectivity index (χ0) is 15.1. The zero-order valence-electron chi connectivity index (χ0n) is 11.9. The molecule has 0 spiro atoms. The van der Waals surface area contributed by atoms with Crippen LogP contribution in [-0.4, -0.2) is 34.1 Å². The minimum atomic E-state index is -0.0700. The van der Waals surface area contributed by atoms with Crippen molar-refractivity contribution in [2.45, 2.75) is 19.9 Å². The maximum absolute atomic E-state index is 12.7. The lowest BCUT2D eigenvalue weighted by atomic mass is 10.2. The molecule has 0 atom stereocenters. The fourth-order valence-electron chi connectivity index (χ4n) is 2.61. The maximum Gasteiger partial charge on any atom is 0.261 e. The van der Waals surface area contributed by atoms with E-state index in [1.165, 1.54) is 6.33 Å². The van der Waals surface area contributed by atoms with Crippen molar-refractivity contribution in [3.8, 4) is 0 Å². The molecular formula is C14H13N7O. The third kappa shape index (κ3) is 1.88. The van der Waals surface area contributed by atoms with Gasteiger partial charge in [0.15, 0.2) is 0 Å². The van der Waals surface area contributed by atoms with E-state index in [0.29, 0.717) is 29.8 Å². The van der Waals surface area contributed by atoms with Crippen LogP contribution in [0.15, 0.2) is 35.9 Å². The molecule has 4 aromatic rings. The number of imidazole rings is 1. The van der Waals surface area contributed by atoms with Crippen molar-refractivity contribution < 1.29 is 0 Å². The van der Waals surface area contributed by atoms with Crippen LogP contribution in [0.4, 0.5) is 0 Å². The molecule has 8 heteroatoms. The van der Waals surface area contributed by atoms with Crippen LogP contribution in [0.1, 0.15) is 11.4 Å². The second-order valence-corrected chi connectivity index (χ2v) is 5.07. The smallest absolute Gasteiger partial charge is 0.261 e. The monoisotopic (exact) mass is 295 g/mol. The molecule has 8 nitrogen and oxygen atoms in total. The summed E-state index contributed by atoms with van der Waals surface area (Å²) < 4.78 is 3.27. The molecule has 0 aliphatic rings. The number of hydrogen-bond acceptors (Lipinski definition) is 5. The summed E-state index contributed by atoms with van der Waals surface area (Å²) in [7, 11) is 0. The number of nitrogens with zero attached hydrogens (tertiary/aromatic N) is 6. The number of aromatic amines is 1. The predicted octanol–water partition coefficient (Wildman–Crippen LogP) is 0.713. The van der Waals surface area contributed by atoms with Gasteiger partial charge in [0.25, 0.3) is 11.3 Å². The zero-order valence-corrected chi connectivity index (χ0v) is 11.9. The Morgan fingerprint density at radius 1 is 1.36 bits per heavy atom. The number of rotatable bonds is 3. The molecule has 22 heavy (non-hydrogen) atoms. The second-order valence-electron chi connectivity index (χ2n) is 5.07. The van der Waals surface area contributed by atoms with Crippen LogP contribution in [0.25, 0.3) is 16.7 Å². The molecule has 0 fully saturated rings. The number of hydrogen-bond donors (Lipinski definition) is 1. The SMILES string of the molecule is Cc1nc2ncnn2c2ccn(CCc3cnc[nH]3)c(=O)c12. The van der Waals surface area contributed by atoms with Crippen LogP contribution < -0.4 is 5.56 Å². The highest BCUT2D eigenvalue weighted by Gasteiger charge is 2.12. The van der Waals surface area contributed by atoms with E-state index in [-0.39, 0.29) is 5.56 Å². The van der Waals surface area contributed by atoms with Gasteiger partial charge in [-0.05, 0) is 13.0 Å². The molecule has 0 saturated heterocycles. The van der Waals surface area contributed by atoms with Gasteiger partial charge < -0.3 is 9.55 Å². The number of nitrogens with one attached hydrogen (secondary N) is 1. The van der Waals surface area contributed by atoms with Gasteiger partial charge in [0.1, 0.15) is 6.33 Å². The minimum absolute atomic E-state index is 0.0700. The molecule has 0 saturated carbocycles. The van der Waals surface area contributed by atoms with Crippen LogP contribution >= 0.6 is 0 Å². The highest BCUT2D eigenvalue weighted by molar-refractivity contribution is 5.81. The Kier molecular flexibility index (Phi) is 2.75. The summed E-state index contributed by atoms with van der Waals surface area (Å²) in [6, 6.07) is 1.88. The summed E-state index contributed by atoms with van der Waals surface area (Å²) >= 11 is 0. The van der Waals surface area contributed by atoms with Gasteiger partial charge in [-0.3, -0.25) is 4.79 Å². The first-order valence-electron chi connectivity index (χ1n) is 6.91. The number of H-pyrrole nitrogens is 1.